The van der Waals surface area contributed by atoms with Crippen LogP contribution in [-0.4, -0.2) is 43.6 Å². The summed E-state index contributed by atoms with van der Waals surface area (Å²) in [5, 5.41) is 0. The second kappa shape index (κ2) is 13.2. The molecule has 0 aliphatic carbocycles. The molecular weight excluding hydrogens is 695 g/mol. The van der Waals surface area contributed by atoms with Crippen molar-refractivity contribution in [2.24, 2.45) is 0 Å². The predicted octanol–water partition coefficient (Wildman–Crippen LogP) is 6.23. The van der Waals surface area contributed by atoms with E-state index in [1.54, 1.807) is 24.3 Å². The second-order valence-corrected chi connectivity index (χ2v) is 13.1. The van der Waals surface area contributed by atoms with Gasteiger partial charge >= 0.3 is 20.2 Å². The molecule has 0 unspecified atom stereocenters. The van der Waals surface area contributed by atoms with Gasteiger partial charge in [0, 0.05) is 15.6 Å². The van der Waals surface area contributed by atoms with Crippen LogP contribution in [0.15, 0.2) is 78.9 Å². The van der Waals surface area contributed by atoms with Crippen LogP contribution in [-0.2, 0) is 31.3 Å². The lowest BCUT2D eigenvalue weighted by Crippen LogP contribution is -2.09. The van der Waals surface area contributed by atoms with E-state index in [1.165, 1.54) is 26.4 Å². The zero-order chi connectivity index (χ0) is 30.5. The number of ether oxygens (including phenoxy) is 3. The van der Waals surface area contributed by atoms with Gasteiger partial charge in [0.15, 0.2) is 11.5 Å². The van der Waals surface area contributed by atoms with Crippen LogP contribution < -0.4 is 22.6 Å². The van der Waals surface area contributed by atoms with Crippen molar-refractivity contribution in [3.63, 3.8) is 0 Å². The van der Waals surface area contributed by atoms with Gasteiger partial charge in [-0.1, -0.05) is 71.1 Å². The minimum absolute atomic E-state index is 0.0526. The Morgan fingerprint density at radius 3 is 1.90 bits per heavy atom. The smallest absolute Gasteiger partial charge is 0.306 e. The molecule has 0 N–H and O–H groups in total. The zero-order valence-electron chi connectivity index (χ0n) is 23.3. The first-order valence-corrected chi connectivity index (χ1v) is 17.6. The highest BCUT2D eigenvalue weighted by Gasteiger charge is 2.27. The Bertz CT molecular complexity index is 1770. The van der Waals surface area contributed by atoms with Gasteiger partial charge in [-0.15, -0.1) is 0 Å². The van der Waals surface area contributed by atoms with Gasteiger partial charge in [-0.25, -0.2) is 0 Å². The van der Waals surface area contributed by atoms with Crippen molar-refractivity contribution in [3.05, 3.63) is 90.0 Å². The van der Waals surface area contributed by atoms with E-state index in [4.69, 9.17) is 22.6 Å². The monoisotopic (exact) mass is 724 g/mol. The Hall–Kier alpha value is -3.49. The van der Waals surface area contributed by atoms with Crippen LogP contribution in [0.4, 0.5) is 0 Å². The van der Waals surface area contributed by atoms with Crippen LogP contribution in [0.1, 0.15) is 11.1 Å². The van der Waals surface area contributed by atoms with Crippen molar-refractivity contribution >= 4 is 42.8 Å². The lowest BCUT2D eigenvalue weighted by Gasteiger charge is -2.21. The molecule has 0 heterocycles. The molecule has 0 radical (unpaired) electrons. The first-order valence-electron chi connectivity index (χ1n) is 12.5. The summed E-state index contributed by atoms with van der Waals surface area (Å²) in [7, 11) is -4.84. The minimum Gasteiger partial charge on any atom is -0.496 e. The third kappa shape index (κ3) is 7.86. The molecule has 0 atom stereocenters. The number of alkyl halides is 1. The molecule has 0 bridgehead atoms. The Kier molecular flexibility index (Phi) is 9.89. The number of halogens is 1. The lowest BCUT2D eigenvalue weighted by molar-refractivity contribution is 0.304. The average Bonchev–Trinajstić information content (AvgIpc) is 2.94. The highest BCUT2D eigenvalue weighted by molar-refractivity contribution is 14.1. The Morgan fingerprint density at radius 1 is 0.690 bits per heavy atom. The largest absolute Gasteiger partial charge is 0.496 e. The van der Waals surface area contributed by atoms with E-state index in [-0.39, 0.29) is 17.2 Å². The molecule has 9 nitrogen and oxygen atoms in total. The van der Waals surface area contributed by atoms with Gasteiger partial charge in [-0.3, -0.25) is 0 Å². The molecule has 4 aromatic carbocycles. The molecule has 0 spiro atoms. The molecule has 0 aliphatic rings. The number of benzene rings is 4. The zero-order valence-corrected chi connectivity index (χ0v) is 27.1. The first-order chi connectivity index (χ1) is 19.9. The van der Waals surface area contributed by atoms with Crippen molar-refractivity contribution in [3.8, 4) is 51.0 Å². The van der Waals surface area contributed by atoms with E-state index in [2.05, 4.69) is 22.6 Å². The van der Waals surface area contributed by atoms with E-state index in [0.29, 0.717) is 44.8 Å². The van der Waals surface area contributed by atoms with E-state index in [1.807, 2.05) is 42.5 Å². The van der Waals surface area contributed by atoms with Crippen molar-refractivity contribution in [2.75, 3.05) is 26.7 Å². The molecule has 0 amide bonds. The fourth-order valence-corrected chi connectivity index (χ4v) is 5.80. The number of rotatable bonds is 12. The van der Waals surface area contributed by atoms with Crippen LogP contribution in [0.2, 0.25) is 0 Å². The van der Waals surface area contributed by atoms with Crippen LogP contribution >= 0.6 is 22.6 Å². The summed E-state index contributed by atoms with van der Waals surface area (Å²) in [6.45, 7) is 0.395. The van der Waals surface area contributed by atoms with E-state index in [9.17, 15) is 16.8 Å². The summed E-state index contributed by atoms with van der Waals surface area (Å²) in [6, 6.07) is 23.3. The maximum absolute atomic E-state index is 12.5. The molecule has 12 heteroatoms. The molecule has 4 aromatic rings. The third-order valence-corrected chi connectivity index (χ3v) is 7.79. The summed E-state index contributed by atoms with van der Waals surface area (Å²) in [6.07, 6.45) is 1.90. The van der Waals surface area contributed by atoms with Crippen molar-refractivity contribution in [1.29, 1.82) is 0 Å². The predicted molar refractivity (Wildman–Crippen MR) is 170 cm³/mol. The minimum atomic E-state index is -4.00. The van der Waals surface area contributed by atoms with Gasteiger partial charge in [0.2, 0.25) is 0 Å². The Morgan fingerprint density at radius 2 is 1.33 bits per heavy atom. The van der Waals surface area contributed by atoms with Gasteiger partial charge in [0.25, 0.3) is 0 Å². The van der Waals surface area contributed by atoms with Gasteiger partial charge in [-0.05, 0) is 47.0 Å². The van der Waals surface area contributed by atoms with Gasteiger partial charge < -0.3 is 22.6 Å². The van der Waals surface area contributed by atoms with Gasteiger partial charge in [-0.2, -0.15) is 16.8 Å². The van der Waals surface area contributed by atoms with E-state index < -0.39 is 20.2 Å². The molecule has 0 fully saturated rings. The summed E-state index contributed by atoms with van der Waals surface area (Å²) in [5.41, 5.74) is 3.96. The van der Waals surface area contributed by atoms with Crippen molar-refractivity contribution < 1.29 is 39.4 Å². The first kappa shape index (κ1) is 31.4. The van der Waals surface area contributed by atoms with Gasteiger partial charge in [0.1, 0.15) is 23.9 Å². The van der Waals surface area contributed by atoms with Crippen molar-refractivity contribution in [2.45, 2.75) is 11.0 Å². The number of hydrogen-bond donors (Lipinski definition) is 0. The molecule has 222 valence electrons. The fourth-order valence-electron chi connectivity index (χ4n) is 4.28. The number of methoxy groups -OCH3 is 2. The molecule has 0 saturated heterocycles. The standard InChI is InChI=1S/C30H29IO9S2/c1-36-27-17-25(21-10-13-24(14-11-21)39-41(3,32)33)29(37-2)30(40-42(4,34)35)28(27)22-12-15-26(23(16-22)18-31)38-19-20-8-6-5-7-9-20/h5-17H,18-19H2,1-4H3. The molecule has 0 aromatic heterocycles. The maximum atomic E-state index is 12.5. The maximum Gasteiger partial charge on any atom is 0.306 e. The lowest BCUT2D eigenvalue weighted by atomic mass is 9.95. The Labute approximate surface area is 259 Å². The molecule has 0 saturated carbocycles. The summed E-state index contributed by atoms with van der Waals surface area (Å²) >= 11 is 2.24. The normalized spacial score (nSPS) is 11.5. The fraction of sp³-hybridized carbons (Fsp3) is 0.200. The molecule has 42 heavy (non-hydrogen) atoms. The van der Waals surface area contributed by atoms with E-state index >= 15 is 0 Å². The van der Waals surface area contributed by atoms with Gasteiger partial charge in [0.05, 0.1) is 32.3 Å². The van der Waals surface area contributed by atoms with Crippen LogP contribution in [0.25, 0.3) is 22.3 Å². The summed E-state index contributed by atoms with van der Waals surface area (Å²) < 4.78 is 76.6. The third-order valence-electron chi connectivity index (χ3n) is 6.00. The Balaban J connectivity index is 1.85. The molecule has 4 rings (SSSR count). The SMILES string of the molecule is COc1cc(-c2ccc(OS(C)(=O)=O)cc2)c(OC)c(OS(C)(=O)=O)c1-c1ccc(OCc2ccccc2)c(CI)c1. The molecular formula is C30H29IO9S2. The highest BCUT2D eigenvalue weighted by atomic mass is 127. The number of hydrogen-bond acceptors (Lipinski definition) is 9. The summed E-state index contributed by atoms with van der Waals surface area (Å²) in [5.74, 6) is 1.24. The molecule has 0 aliphatic heterocycles. The second-order valence-electron chi connectivity index (χ2n) is 9.19. The average molecular weight is 725 g/mol. The van der Waals surface area contributed by atoms with Crippen LogP contribution in [0.3, 0.4) is 0 Å². The van der Waals surface area contributed by atoms with Crippen LogP contribution in [0, 0.1) is 0 Å². The van der Waals surface area contributed by atoms with Crippen molar-refractivity contribution in [1.82, 2.24) is 0 Å². The summed E-state index contributed by atoms with van der Waals surface area (Å²) in [4.78, 5) is 0. The topological polar surface area (TPSA) is 114 Å². The van der Waals surface area contributed by atoms with Crippen LogP contribution in [0.5, 0.6) is 28.7 Å². The van der Waals surface area contributed by atoms with E-state index in [0.717, 1.165) is 23.6 Å². The quantitative estimate of drug-likeness (QED) is 0.0954. The highest BCUT2D eigenvalue weighted by Crippen LogP contribution is 2.51.